The Labute approximate surface area is 190 Å². The first-order valence-electron chi connectivity index (χ1n) is 11.0. The molecule has 0 saturated heterocycles. The molecule has 2 aromatic heterocycles. The van der Waals surface area contributed by atoms with Gasteiger partial charge in [-0.15, -0.1) is 10.2 Å². The highest BCUT2D eigenvalue weighted by atomic mass is 35.5. The minimum Gasteiger partial charge on any atom is -0.356 e. The lowest BCUT2D eigenvalue weighted by Gasteiger charge is -2.27. The van der Waals surface area contributed by atoms with Gasteiger partial charge in [0.2, 0.25) is 0 Å². The SMILES string of the molecule is CN1Cc2cc(Cl)ccc2-n2c(nnc2[C@H]2CC[C@H](c3noc4ccc(F)cc43)CC2)C1. The summed E-state index contributed by atoms with van der Waals surface area (Å²) in [7, 11) is 2.09. The highest BCUT2D eigenvalue weighted by Crippen LogP contribution is 2.42. The summed E-state index contributed by atoms with van der Waals surface area (Å²) in [5.41, 5.74) is 3.82. The van der Waals surface area contributed by atoms with E-state index in [2.05, 4.69) is 37.9 Å². The third-order valence-corrected chi connectivity index (χ3v) is 7.06. The van der Waals surface area contributed by atoms with Crippen LogP contribution in [0.5, 0.6) is 0 Å². The quantitative estimate of drug-likeness (QED) is 0.397. The van der Waals surface area contributed by atoms with Crippen LogP contribution in [0.2, 0.25) is 5.02 Å². The van der Waals surface area contributed by atoms with Gasteiger partial charge in [0.25, 0.3) is 0 Å². The van der Waals surface area contributed by atoms with E-state index in [4.69, 9.17) is 16.1 Å². The van der Waals surface area contributed by atoms with E-state index in [0.717, 1.165) is 72.2 Å². The van der Waals surface area contributed by atoms with Crippen molar-refractivity contribution < 1.29 is 8.91 Å². The van der Waals surface area contributed by atoms with Crippen LogP contribution in [0.25, 0.3) is 16.7 Å². The van der Waals surface area contributed by atoms with Crippen molar-refractivity contribution in [2.45, 2.75) is 50.6 Å². The second kappa shape index (κ2) is 7.67. The Morgan fingerprint density at radius 3 is 2.66 bits per heavy atom. The lowest BCUT2D eigenvalue weighted by Crippen LogP contribution is -2.17. The Morgan fingerprint density at radius 2 is 1.81 bits per heavy atom. The fourth-order valence-corrected chi connectivity index (χ4v) is 5.49. The van der Waals surface area contributed by atoms with Gasteiger partial charge in [0, 0.05) is 28.8 Å². The van der Waals surface area contributed by atoms with Gasteiger partial charge in [0.05, 0.1) is 17.9 Å². The van der Waals surface area contributed by atoms with Crippen molar-refractivity contribution in [1.29, 1.82) is 0 Å². The van der Waals surface area contributed by atoms with E-state index in [-0.39, 0.29) is 11.7 Å². The molecule has 1 aliphatic carbocycles. The number of halogens is 2. The minimum atomic E-state index is -0.259. The average molecular weight is 452 g/mol. The third kappa shape index (κ3) is 3.31. The summed E-state index contributed by atoms with van der Waals surface area (Å²) >= 11 is 6.29. The average Bonchev–Trinajstić information content (AvgIpc) is 3.35. The maximum atomic E-state index is 13.8. The maximum Gasteiger partial charge on any atom is 0.167 e. The van der Waals surface area contributed by atoms with Crippen LogP contribution < -0.4 is 0 Å². The van der Waals surface area contributed by atoms with Crippen LogP contribution in [0.1, 0.15) is 60.4 Å². The molecule has 32 heavy (non-hydrogen) atoms. The number of benzene rings is 2. The summed E-state index contributed by atoms with van der Waals surface area (Å²) in [5.74, 6) is 2.30. The Morgan fingerprint density at radius 1 is 1.00 bits per heavy atom. The zero-order valence-electron chi connectivity index (χ0n) is 17.8. The molecular formula is C24H23ClFN5O. The predicted molar refractivity (Wildman–Crippen MR) is 119 cm³/mol. The third-order valence-electron chi connectivity index (χ3n) is 6.83. The minimum absolute atomic E-state index is 0.259. The van der Waals surface area contributed by atoms with E-state index in [0.29, 0.717) is 11.5 Å². The van der Waals surface area contributed by atoms with Crippen LogP contribution in [-0.4, -0.2) is 31.9 Å². The van der Waals surface area contributed by atoms with Crippen molar-refractivity contribution >= 4 is 22.6 Å². The molecule has 8 heteroatoms. The summed E-state index contributed by atoms with van der Waals surface area (Å²) < 4.78 is 21.5. The van der Waals surface area contributed by atoms with Gasteiger partial charge >= 0.3 is 0 Å². The summed E-state index contributed by atoms with van der Waals surface area (Å²) in [6.45, 7) is 1.56. The van der Waals surface area contributed by atoms with E-state index in [1.165, 1.54) is 17.7 Å². The zero-order valence-corrected chi connectivity index (χ0v) is 18.5. The summed E-state index contributed by atoms with van der Waals surface area (Å²) in [4.78, 5) is 2.23. The van der Waals surface area contributed by atoms with E-state index in [1.54, 1.807) is 6.07 Å². The molecule has 0 atom stereocenters. The molecule has 164 valence electrons. The summed E-state index contributed by atoms with van der Waals surface area (Å²) in [6, 6.07) is 10.6. The first-order valence-corrected chi connectivity index (χ1v) is 11.4. The monoisotopic (exact) mass is 451 g/mol. The Balaban J connectivity index is 1.30. The molecule has 2 aromatic carbocycles. The Kier molecular flexibility index (Phi) is 4.77. The molecule has 4 aromatic rings. The van der Waals surface area contributed by atoms with E-state index >= 15 is 0 Å². The molecule has 6 nitrogen and oxygen atoms in total. The normalized spacial score (nSPS) is 21.3. The molecule has 0 radical (unpaired) electrons. The second-order valence-electron chi connectivity index (χ2n) is 9.01. The number of hydrogen-bond donors (Lipinski definition) is 0. The Bertz CT molecular complexity index is 1310. The molecule has 0 spiro atoms. The topological polar surface area (TPSA) is 60.0 Å². The number of rotatable bonds is 2. The highest BCUT2D eigenvalue weighted by molar-refractivity contribution is 6.30. The molecule has 3 heterocycles. The number of hydrogen-bond acceptors (Lipinski definition) is 5. The van der Waals surface area contributed by atoms with Crippen LogP contribution >= 0.6 is 11.6 Å². The van der Waals surface area contributed by atoms with Gasteiger partial charge in [-0.3, -0.25) is 9.47 Å². The molecule has 0 bridgehead atoms. The highest BCUT2D eigenvalue weighted by Gasteiger charge is 2.32. The molecule has 1 saturated carbocycles. The van der Waals surface area contributed by atoms with Crippen molar-refractivity contribution in [3.05, 3.63) is 70.1 Å². The standard InChI is InChI=1S/C24H23ClFN5O/c1-30-12-16-10-17(25)6-8-20(16)31-22(13-30)27-28-24(31)15-4-2-14(3-5-15)23-19-11-18(26)7-9-21(19)32-29-23/h6-11,14-15H,2-5,12-13H2,1H3/t14-,15-. The number of nitrogens with zero attached hydrogens (tertiary/aromatic N) is 5. The van der Waals surface area contributed by atoms with E-state index in [1.807, 2.05) is 12.1 Å². The summed E-state index contributed by atoms with van der Waals surface area (Å²) in [5, 5.41) is 15.0. The molecule has 1 aliphatic heterocycles. The van der Waals surface area contributed by atoms with Crippen LogP contribution in [0.3, 0.4) is 0 Å². The predicted octanol–water partition coefficient (Wildman–Crippen LogP) is 5.59. The lowest BCUT2D eigenvalue weighted by atomic mass is 9.79. The molecular weight excluding hydrogens is 429 g/mol. The molecule has 0 amide bonds. The zero-order chi connectivity index (χ0) is 21.8. The van der Waals surface area contributed by atoms with Gasteiger partial charge in [-0.2, -0.15) is 0 Å². The summed E-state index contributed by atoms with van der Waals surface area (Å²) in [6.07, 6.45) is 3.87. The van der Waals surface area contributed by atoms with Crippen molar-refractivity contribution in [3.8, 4) is 5.69 Å². The number of aromatic nitrogens is 4. The van der Waals surface area contributed by atoms with E-state index < -0.39 is 0 Å². The van der Waals surface area contributed by atoms with E-state index in [9.17, 15) is 4.39 Å². The molecule has 0 N–H and O–H groups in total. The Hall–Kier alpha value is -2.77. The van der Waals surface area contributed by atoms with Crippen molar-refractivity contribution in [1.82, 2.24) is 24.8 Å². The van der Waals surface area contributed by atoms with Gasteiger partial charge in [-0.25, -0.2) is 4.39 Å². The smallest absolute Gasteiger partial charge is 0.167 e. The molecule has 6 rings (SSSR count). The first-order chi connectivity index (χ1) is 15.6. The van der Waals surface area contributed by atoms with Gasteiger partial charge < -0.3 is 4.52 Å². The van der Waals surface area contributed by atoms with Gasteiger partial charge in [0.1, 0.15) is 11.6 Å². The van der Waals surface area contributed by atoms with Crippen LogP contribution in [0.15, 0.2) is 40.9 Å². The molecule has 1 fully saturated rings. The second-order valence-corrected chi connectivity index (χ2v) is 9.45. The fraction of sp³-hybridized carbons (Fsp3) is 0.375. The van der Waals surface area contributed by atoms with Gasteiger partial charge in [-0.05, 0) is 74.7 Å². The largest absolute Gasteiger partial charge is 0.356 e. The van der Waals surface area contributed by atoms with Crippen LogP contribution in [0.4, 0.5) is 4.39 Å². The first kappa shape index (κ1) is 19.9. The van der Waals surface area contributed by atoms with Gasteiger partial charge in [-0.1, -0.05) is 16.8 Å². The maximum absolute atomic E-state index is 13.8. The van der Waals surface area contributed by atoms with Crippen molar-refractivity contribution in [2.24, 2.45) is 0 Å². The molecule has 0 unspecified atom stereocenters. The van der Waals surface area contributed by atoms with Crippen molar-refractivity contribution in [3.63, 3.8) is 0 Å². The fourth-order valence-electron chi connectivity index (χ4n) is 5.30. The number of fused-ring (bicyclic) bond motifs is 4. The lowest BCUT2D eigenvalue weighted by molar-refractivity contribution is 0.315. The van der Waals surface area contributed by atoms with Crippen LogP contribution in [-0.2, 0) is 13.1 Å². The van der Waals surface area contributed by atoms with Gasteiger partial charge in [0.15, 0.2) is 11.4 Å². The van der Waals surface area contributed by atoms with Crippen molar-refractivity contribution in [2.75, 3.05) is 7.05 Å². The molecule has 2 aliphatic rings. The van der Waals surface area contributed by atoms with Crippen LogP contribution in [0, 0.1) is 5.82 Å².